The standard InChI is InChI=1S/C64H37N23O6/c1-66-48-33-74-86(63-69-21-11-22-70-63)58(48)83-80-46-26-36-14-4-7-17-43(36)52(55(46)89)61(92)77-40-28-39(76-60(91)51-42-16-6-3-13-35(42)25-45(54(51)88)79-82-57-38(31-65)32-73-85(57)50-19-9-10-20-68-50)29-41(30-40)78-62(93)53-44-18-8-5-15-37(44)27-47(56(53)90)81-84-59-49(67-2)34-75-87(59)64-71-23-12-24-72-64/h3-30,32-34,88-90H,(H,76,91)(H,77,92)(H,78,93). The van der Waals surface area contributed by atoms with Crippen LogP contribution in [0.3, 0.4) is 0 Å². The van der Waals surface area contributed by atoms with Gasteiger partial charge < -0.3 is 31.3 Å². The number of phenolic OH excluding ortho intramolecular Hbond substituents is 3. The van der Waals surface area contributed by atoms with Crippen LogP contribution in [0.1, 0.15) is 36.6 Å². The van der Waals surface area contributed by atoms with Gasteiger partial charge in [0.05, 0.1) is 48.4 Å². The van der Waals surface area contributed by atoms with Crippen LogP contribution in [-0.2, 0) is 0 Å². The molecule has 444 valence electrons. The molecule has 6 aromatic heterocycles. The number of carbonyl (C=O) groups excluding carboxylic acids is 3. The fourth-order valence-corrected chi connectivity index (χ4v) is 9.88. The molecule has 29 heteroatoms. The zero-order valence-corrected chi connectivity index (χ0v) is 47.4. The Labute approximate surface area is 522 Å². The zero-order valence-electron chi connectivity index (χ0n) is 47.4. The van der Waals surface area contributed by atoms with Gasteiger partial charge in [-0.15, -0.1) is 30.7 Å². The van der Waals surface area contributed by atoms with Gasteiger partial charge in [0.15, 0.2) is 40.5 Å². The van der Waals surface area contributed by atoms with Gasteiger partial charge >= 0.3 is 0 Å². The van der Waals surface area contributed by atoms with E-state index in [0.29, 0.717) is 22.0 Å². The molecule has 0 radical (unpaired) electrons. The van der Waals surface area contributed by atoms with Crippen LogP contribution in [0, 0.1) is 24.5 Å². The molecule has 29 nitrogen and oxygen atoms in total. The summed E-state index contributed by atoms with van der Waals surface area (Å²) in [6.45, 7) is 15.5. The summed E-state index contributed by atoms with van der Waals surface area (Å²) in [7, 11) is 0. The van der Waals surface area contributed by atoms with Gasteiger partial charge in [-0.05, 0) is 93.0 Å². The summed E-state index contributed by atoms with van der Waals surface area (Å²) < 4.78 is 3.66. The molecular formula is C64H37N23O6. The van der Waals surface area contributed by atoms with Crippen molar-refractivity contribution in [2.75, 3.05) is 16.0 Å². The van der Waals surface area contributed by atoms with E-state index in [2.05, 4.69) is 96.5 Å². The van der Waals surface area contributed by atoms with E-state index in [1.54, 1.807) is 103 Å². The third kappa shape index (κ3) is 11.2. The van der Waals surface area contributed by atoms with Crippen LogP contribution in [0.2, 0.25) is 0 Å². The summed E-state index contributed by atoms with van der Waals surface area (Å²) in [6.07, 6.45) is 11.2. The molecule has 0 bridgehead atoms. The minimum absolute atomic E-state index is 0.0192. The lowest BCUT2D eigenvalue weighted by molar-refractivity contribution is 0.101. The van der Waals surface area contributed by atoms with Crippen LogP contribution < -0.4 is 16.0 Å². The number of nitriles is 1. The lowest BCUT2D eigenvalue weighted by atomic mass is 10.0. The highest BCUT2D eigenvalue weighted by Crippen LogP contribution is 2.44. The maximum atomic E-state index is 15.0. The number of carbonyl (C=O) groups is 3. The molecule has 0 saturated carbocycles. The van der Waals surface area contributed by atoms with Crippen LogP contribution in [0.4, 0.5) is 63.0 Å². The largest absolute Gasteiger partial charge is 0.505 e. The van der Waals surface area contributed by atoms with E-state index in [1.165, 1.54) is 100 Å². The molecule has 93 heavy (non-hydrogen) atoms. The normalized spacial score (nSPS) is 11.3. The Hall–Kier alpha value is -14.7. The second-order valence-electron chi connectivity index (χ2n) is 19.7. The number of anilines is 3. The molecule has 13 aromatic rings. The summed E-state index contributed by atoms with van der Waals surface area (Å²) in [5.41, 5.74) is -1.69. The van der Waals surface area contributed by atoms with Gasteiger partial charge in [-0.2, -0.15) is 34.6 Å². The van der Waals surface area contributed by atoms with Gasteiger partial charge in [-0.1, -0.05) is 78.9 Å². The number of aromatic hydroxyl groups is 3. The van der Waals surface area contributed by atoms with E-state index >= 15 is 0 Å². The predicted octanol–water partition coefficient (Wildman–Crippen LogP) is 13.8. The number of fused-ring (bicyclic) bond motifs is 3. The first kappa shape index (κ1) is 57.4. The minimum atomic E-state index is -0.917. The van der Waals surface area contributed by atoms with E-state index in [1.807, 2.05) is 6.07 Å². The van der Waals surface area contributed by atoms with Crippen molar-refractivity contribution in [1.29, 1.82) is 5.26 Å². The molecule has 0 aliphatic rings. The quantitative estimate of drug-likeness (QED) is 0.0410. The van der Waals surface area contributed by atoms with Gasteiger partial charge in [0.25, 0.3) is 41.0 Å². The molecular weight excluding hydrogens is 1190 g/mol. The van der Waals surface area contributed by atoms with Gasteiger partial charge in [0.2, 0.25) is 0 Å². The maximum Gasteiger partial charge on any atom is 0.260 e. The SMILES string of the molecule is [C-]#[N+]c1cnn(-c2ncccn2)c1N=Nc1cc2ccccc2c(C(=O)Nc2cc(NC(=O)c3c(O)c(N=Nc4c(C#N)cnn4-c4ccccn4)cc4ccccc34)cc(NC(=O)c3c(O)c(N=Nc4c([N+]#[C-])cnn4-c4ncccn4)cc4ccccc34)c2)c1O. The second-order valence-corrected chi connectivity index (χ2v) is 19.7. The van der Waals surface area contributed by atoms with Crippen molar-refractivity contribution in [1.82, 2.24) is 54.3 Å². The molecule has 6 N–H and O–H groups in total. The van der Waals surface area contributed by atoms with Gasteiger partial charge in [0, 0.05) is 48.0 Å². The molecule has 0 aliphatic carbocycles. The maximum absolute atomic E-state index is 15.0. The summed E-state index contributed by atoms with van der Waals surface area (Å²) in [5.74, 6) is -4.33. The molecule has 7 aromatic carbocycles. The number of nitrogens with one attached hydrogen (secondary N) is 3. The third-order valence-electron chi connectivity index (χ3n) is 14.1. The lowest BCUT2D eigenvalue weighted by Gasteiger charge is -2.16. The number of benzene rings is 7. The van der Waals surface area contributed by atoms with Crippen molar-refractivity contribution in [3.05, 3.63) is 234 Å². The van der Waals surface area contributed by atoms with E-state index < -0.39 is 35.0 Å². The molecule has 0 spiro atoms. The minimum Gasteiger partial charge on any atom is -0.505 e. The Morgan fingerprint density at radius 3 is 1.18 bits per heavy atom. The first-order chi connectivity index (χ1) is 45.5. The van der Waals surface area contributed by atoms with E-state index in [-0.39, 0.29) is 113 Å². The summed E-state index contributed by atoms with van der Waals surface area (Å²) in [6, 6.07) is 38.6. The van der Waals surface area contributed by atoms with Crippen molar-refractivity contribution in [2.24, 2.45) is 30.7 Å². The Morgan fingerprint density at radius 1 is 0.441 bits per heavy atom. The number of nitrogens with zero attached hydrogens (tertiary/aromatic N) is 20. The average molecular weight is 1220 g/mol. The Morgan fingerprint density at radius 2 is 0.806 bits per heavy atom. The first-order valence-corrected chi connectivity index (χ1v) is 27.4. The molecule has 6 heterocycles. The van der Waals surface area contributed by atoms with E-state index in [0.717, 1.165) is 0 Å². The number of rotatable bonds is 15. The van der Waals surface area contributed by atoms with Gasteiger partial charge in [-0.25, -0.2) is 34.6 Å². The number of pyridine rings is 1. The Kier molecular flexibility index (Phi) is 15.2. The highest BCUT2D eigenvalue weighted by molar-refractivity contribution is 6.20. The highest BCUT2D eigenvalue weighted by Gasteiger charge is 2.26. The molecule has 0 unspecified atom stereocenters. The van der Waals surface area contributed by atoms with Crippen LogP contribution >= 0.6 is 0 Å². The molecule has 0 aliphatic heterocycles. The Bertz CT molecular complexity index is 4870. The first-order valence-electron chi connectivity index (χ1n) is 27.4. The van der Waals surface area contributed by atoms with Crippen molar-refractivity contribution in [3.63, 3.8) is 0 Å². The zero-order chi connectivity index (χ0) is 64.1. The fourth-order valence-electron chi connectivity index (χ4n) is 9.88. The topological polar surface area (TPSA) is 373 Å². The van der Waals surface area contributed by atoms with Crippen molar-refractivity contribution >= 4 is 113 Å². The number of aromatic nitrogens is 11. The molecule has 3 amide bonds. The van der Waals surface area contributed by atoms with Crippen molar-refractivity contribution < 1.29 is 29.7 Å². The lowest BCUT2D eigenvalue weighted by Crippen LogP contribution is -2.17. The third-order valence-corrected chi connectivity index (χ3v) is 14.1. The number of hydrogen-bond acceptors (Lipinski definition) is 21. The van der Waals surface area contributed by atoms with Gasteiger partial charge in [0.1, 0.15) is 28.7 Å². The highest BCUT2D eigenvalue weighted by atomic mass is 16.3. The Balaban J connectivity index is 0.895. The van der Waals surface area contributed by atoms with Crippen molar-refractivity contribution in [3.8, 4) is 41.0 Å². The van der Waals surface area contributed by atoms with Crippen LogP contribution in [-0.4, -0.2) is 87.3 Å². The number of azo groups is 3. The summed E-state index contributed by atoms with van der Waals surface area (Å²) in [4.78, 5) is 73.0. The fraction of sp³-hybridized carbons (Fsp3) is 0. The molecule has 0 saturated heterocycles. The number of hydrogen-bond donors (Lipinski definition) is 6. The smallest absolute Gasteiger partial charge is 0.260 e. The van der Waals surface area contributed by atoms with Crippen LogP contribution in [0.25, 0.3) is 59.7 Å². The van der Waals surface area contributed by atoms with E-state index in [4.69, 9.17) is 13.1 Å². The molecule has 13 rings (SSSR count). The summed E-state index contributed by atoms with van der Waals surface area (Å²) in [5, 5.41) is 95.1. The van der Waals surface area contributed by atoms with Gasteiger partial charge in [-0.3, -0.25) is 14.4 Å². The van der Waals surface area contributed by atoms with Crippen molar-refractivity contribution in [2.45, 2.75) is 0 Å². The van der Waals surface area contributed by atoms with E-state index in [9.17, 15) is 35.0 Å². The average Bonchev–Trinajstić information content (AvgIpc) is 1.67. The van der Waals surface area contributed by atoms with Crippen LogP contribution in [0.15, 0.2) is 220 Å². The summed E-state index contributed by atoms with van der Waals surface area (Å²) >= 11 is 0. The molecule has 0 fully saturated rings. The number of phenols is 3. The van der Waals surface area contributed by atoms with Crippen LogP contribution in [0.5, 0.6) is 17.2 Å². The second kappa shape index (κ2) is 24.6. The molecule has 0 atom stereocenters. The number of amides is 3. The predicted molar refractivity (Wildman–Crippen MR) is 337 cm³/mol. The monoisotopic (exact) mass is 1220 g/mol.